The predicted octanol–water partition coefficient (Wildman–Crippen LogP) is 4.05. The summed E-state index contributed by atoms with van der Waals surface area (Å²) in [4.78, 5) is 11.4. The molecule has 0 spiro atoms. The van der Waals surface area contributed by atoms with Crippen LogP contribution in [0, 0.1) is 6.92 Å². The first-order valence-electron chi connectivity index (χ1n) is 6.62. The zero-order valence-corrected chi connectivity index (χ0v) is 11.5. The van der Waals surface area contributed by atoms with Crippen LogP contribution in [-0.4, -0.2) is 21.0 Å². The molecule has 104 valence electrons. The van der Waals surface area contributed by atoms with Crippen molar-refractivity contribution in [1.82, 2.24) is 9.78 Å². The fourth-order valence-electron chi connectivity index (χ4n) is 2.44. The molecule has 0 amide bonds. The minimum Gasteiger partial charge on any atom is -0.463 e. The third kappa shape index (κ3) is 2.31. The number of carbonyl (C=O) groups is 1. The van der Waals surface area contributed by atoms with Crippen molar-refractivity contribution in [3.8, 4) is 22.4 Å². The van der Waals surface area contributed by atoms with Crippen LogP contribution in [0.3, 0.4) is 0 Å². The molecule has 2 aromatic carbocycles. The molecule has 3 aromatic rings. The Morgan fingerprint density at radius 1 is 0.952 bits per heavy atom. The number of hydrogen-bond donors (Lipinski definition) is 1. The molecular weight excluding hydrogens is 264 g/mol. The molecule has 4 heteroatoms. The highest BCUT2D eigenvalue weighted by molar-refractivity contribution is 5.85. The smallest absolute Gasteiger partial charge is 0.432 e. The van der Waals surface area contributed by atoms with Crippen molar-refractivity contribution in [2.24, 2.45) is 0 Å². The van der Waals surface area contributed by atoms with Gasteiger partial charge in [-0.15, -0.1) is 0 Å². The molecule has 1 aromatic heterocycles. The Labute approximate surface area is 122 Å². The van der Waals surface area contributed by atoms with E-state index in [1.54, 1.807) is 6.92 Å². The van der Waals surface area contributed by atoms with E-state index in [1.165, 1.54) is 0 Å². The number of carboxylic acid groups (broad SMARTS) is 1. The Morgan fingerprint density at radius 3 is 2.00 bits per heavy atom. The minimum atomic E-state index is -1.08. The van der Waals surface area contributed by atoms with E-state index in [9.17, 15) is 9.90 Å². The summed E-state index contributed by atoms with van der Waals surface area (Å²) in [7, 11) is 0. The highest BCUT2D eigenvalue weighted by Gasteiger charge is 2.20. The van der Waals surface area contributed by atoms with Crippen molar-refractivity contribution in [2.45, 2.75) is 6.92 Å². The molecule has 0 saturated heterocycles. The maximum absolute atomic E-state index is 11.4. The predicted molar refractivity (Wildman–Crippen MR) is 81.3 cm³/mol. The van der Waals surface area contributed by atoms with Gasteiger partial charge in [0.25, 0.3) is 0 Å². The van der Waals surface area contributed by atoms with Gasteiger partial charge in [-0.25, -0.2) is 4.79 Å². The summed E-state index contributed by atoms with van der Waals surface area (Å²) in [5.41, 5.74) is 4.01. The lowest BCUT2D eigenvalue weighted by atomic mass is 9.99. The molecule has 0 bridgehead atoms. The molecule has 0 saturated carbocycles. The number of benzene rings is 2. The van der Waals surface area contributed by atoms with E-state index >= 15 is 0 Å². The van der Waals surface area contributed by atoms with Crippen molar-refractivity contribution in [3.05, 3.63) is 66.4 Å². The number of hydrogen-bond acceptors (Lipinski definition) is 2. The zero-order valence-electron chi connectivity index (χ0n) is 11.5. The third-order valence-corrected chi connectivity index (χ3v) is 3.41. The molecule has 0 aliphatic heterocycles. The first-order valence-corrected chi connectivity index (χ1v) is 6.62. The standard InChI is InChI=1S/C17H14N2O2/c1-12-15(13-8-4-2-5-9-13)16(18-19(12)17(20)21)14-10-6-3-7-11-14/h2-11H,1H3,(H,20,21). The second-order valence-electron chi connectivity index (χ2n) is 4.74. The van der Waals surface area contributed by atoms with Crippen molar-refractivity contribution in [2.75, 3.05) is 0 Å². The van der Waals surface area contributed by atoms with Gasteiger partial charge in [0, 0.05) is 11.1 Å². The summed E-state index contributed by atoms with van der Waals surface area (Å²) in [6, 6.07) is 19.3. The Hall–Kier alpha value is -2.88. The van der Waals surface area contributed by atoms with E-state index < -0.39 is 6.09 Å². The van der Waals surface area contributed by atoms with Gasteiger partial charge in [0.15, 0.2) is 0 Å². The van der Waals surface area contributed by atoms with Gasteiger partial charge in [-0.2, -0.15) is 9.78 Å². The van der Waals surface area contributed by atoms with Crippen LogP contribution < -0.4 is 0 Å². The van der Waals surface area contributed by atoms with Crippen LogP contribution in [0.4, 0.5) is 4.79 Å². The van der Waals surface area contributed by atoms with Crippen molar-refractivity contribution < 1.29 is 9.90 Å². The molecule has 1 N–H and O–H groups in total. The maximum atomic E-state index is 11.4. The normalized spacial score (nSPS) is 10.5. The number of nitrogens with zero attached hydrogens (tertiary/aromatic N) is 2. The summed E-state index contributed by atoms with van der Waals surface area (Å²) in [5.74, 6) is 0. The zero-order chi connectivity index (χ0) is 14.8. The first kappa shape index (κ1) is 13.1. The van der Waals surface area contributed by atoms with Gasteiger partial charge in [-0.3, -0.25) is 0 Å². The molecule has 3 rings (SSSR count). The van der Waals surface area contributed by atoms with Crippen LogP contribution in [-0.2, 0) is 0 Å². The van der Waals surface area contributed by atoms with E-state index in [0.717, 1.165) is 21.4 Å². The SMILES string of the molecule is Cc1c(-c2ccccc2)c(-c2ccccc2)nn1C(=O)O. The lowest BCUT2D eigenvalue weighted by Crippen LogP contribution is -2.11. The van der Waals surface area contributed by atoms with E-state index in [0.29, 0.717) is 11.4 Å². The fraction of sp³-hybridized carbons (Fsp3) is 0.0588. The highest BCUT2D eigenvalue weighted by Crippen LogP contribution is 2.33. The van der Waals surface area contributed by atoms with Crippen molar-refractivity contribution in [1.29, 1.82) is 0 Å². The lowest BCUT2D eigenvalue weighted by molar-refractivity contribution is 0.192. The largest absolute Gasteiger partial charge is 0.463 e. The molecule has 0 aliphatic carbocycles. The quantitative estimate of drug-likeness (QED) is 0.769. The van der Waals surface area contributed by atoms with E-state index in [-0.39, 0.29) is 0 Å². The van der Waals surface area contributed by atoms with Crippen molar-refractivity contribution in [3.63, 3.8) is 0 Å². The molecule has 0 fully saturated rings. The number of rotatable bonds is 2. The van der Waals surface area contributed by atoms with Crippen molar-refractivity contribution >= 4 is 6.09 Å². The van der Waals surface area contributed by atoms with Crippen LogP contribution in [0.15, 0.2) is 60.7 Å². The topological polar surface area (TPSA) is 55.1 Å². The molecule has 4 nitrogen and oxygen atoms in total. The minimum absolute atomic E-state index is 0.618. The first-order chi connectivity index (χ1) is 10.2. The second kappa shape index (κ2) is 5.25. The number of aromatic nitrogens is 2. The van der Waals surface area contributed by atoms with Gasteiger partial charge in [-0.05, 0) is 12.5 Å². The monoisotopic (exact) mass is 278 g/mol. The Morgan fingerprint density at radius 2 is 1.48 bits per heavy atom. The van der Waals surface area contributed by atoms with Crippen LogP contribution in [0.1, 0.15) is 5.69 Å². The molecular formula is C17H14N2O2. The summed E-state index contributed by atoms with van der Waals surface area (Å²) in [6.07, 6.45) is -1.08. The van der Waals surface area contributed by atoms with E-state index in [1.807, 2.05) is 60.7 Å². The Balaban J connectivity index is 2.29. The van der Waals surface area contributed by atoms with Gasteiger partial charge in [0.1, 0.15) is 5.69 Å². The molecule has 0 aliphatic rings. The highest BCUT2D eigenvalue weighted by atomic mass is 16.4. The van der Waals surface area contributed by atoms with E-state index in [4.69, 9.17) is 0 Å². The van der Waals surface area contributed by atoms with Crippen LogP contribution in [0.5, 0.6) is 0 Å². The van der Waals surface area contributed by atoms with Gasteiger partial charge in [0.05, 0.1) is 5.69 Å². The molecule has 1 heterocycles. The Kier molecular flexibility index (Phi) is 3.28. The maximum Gasteiger partial charge on any atom is 0.432 e. The average Bonchev–Trinajstić information content (AvgIpc) is 2.87. The van der Waals surface area contributed by atoms with E-state index in [2.05, 4.69) is 5.10 Å². The van der Waals surface area contributed by atoms with Gasteiger partial charge < -0.3 is 5.11 Å². The summed E-state index contributed by atoms with van der Waals surface area (Å²) >= 11 is 0. The van der Waals surface area contributed by atoms with Gasteiger partial charge >= 0.3 is 6.09 Å². The van der Waals surface area contributed by atoms with Crippen LogP contribution >= 0.6 is 0 Å². The van der Waals surface area contributed by atoms with Crippen LogP contribution in [0.25, 0.3) is 22.4 Å². The van der Waals surface area contributed by atoms with Gasteiger partial charge in [-0.1, -0.05) is 60.7 Å². The van der Waals surface area contributed by atoms with Crippen LogP contribution in [0.2, 0.25) is 0 Å². The molecule has 21 heavy (non-hydrogen) atoms. The molecule has 0 atom stereocenters. The summed E-state index contributed by atoms with van der Waals surface area (Å²) in [5, 5.41) is 13.6. The van der Waals surface area contributed by atoms with Gasteiger partial charge in [0.2, 0.25) is 0 Å². The molecule has 0 radical (unpaired) electrons. The molecule has 0 unspecified atom stereocenters. The second-order valence-corrected chi connectivity index (χ2v) is 4.74. The third-order valence-electron chi connectivity index (χ3n) is 3.41. The Bertz CT molecular complexity index is 777. The summed E-state index contributed by atoms with van der Waals surface area (Å²) < 4.78 is 1.03. The fourth-order valence-corrected chi connectivity index (χ4v) is 2.44. The average molecular weight is 278 g/mol. The summed E-state index contributed by atoms with van der Waals surface area (Å²) in [6.45, 7) is 1.77. The lowest BCUT2D eigenvalue weighted by Gasteiger charge is -2.04.